The number of piperidine rings is 1. The second-order valence-corrected chi connectivity index (χ2v) is 5.94. The average molecular weight is 292 g/mol. The third kappa shape index (κ3) is 5.21. The smallest absolute Gasteiger partial charge is 0.161 e. The van der Waals surface area contributed by atoms with Crippen molar-refractivity contribution in [3.8, 4) is 11.5 Å². The highest BCUT2D eigenvalue weighted by atomic mass is 16.5. The summed E-state index contributed by atoms with van der Waals surface area (Å²) in [6, 6.07) is 5.55. The highest BCUT2D eigenvalue weighted by Crippen LogP contribution is 2.26. The maximum Gasteiger partial charge on any atom is 0.161 e. The Morgan fingerprint density at radius 2 is 2.10 bits per heavy atom. The highest BCUT2D eigenvalue weighted by molar-refractivity contribution is 5.41. The first kappa shape index (κ1) is 16.1. The van der Waals surface area contributed by atoms with Gasteiger partial charge in [0.25, 0.3) is 0 Å². The second kappa shape index (κ2) is 8.25. The molecule has 4 nitrogen and oxygen atoms in total. The number of benzene rings is 1. The standard InChI is InChI=1S/C17H28N2O2/c1-3-21-17-12-15(4-5-16(17)20)13-18-8-11-19-9-6-14(2)7-10-19/h4-5,12,14,18,20H,3,6-11,13H2,1-2H3. The van der Waals surface area contributed by atoms with Crippen molar-refractivity contribution in [3.63, 3.8) is 0 Å². The second-order valence-electron chi connectivity index (χ2n) is 5.94. The fourth-order valence-corrected chi connectivity index (χ4v) is 2.70. The lowest BCUT2D eigenvalue weighted by Gasteiger charge is -2.30. The lowest BCUT2D eigenvalue weighted by Crippen LogP contribution is -2.37. The fraction of sp³-hybridized carbons (Fsp3) is 0.647. The van der Waals surface area contributed by atoms with E-state index in [4.69, 9.17) is 4.74 Å². The van der Waals surface area contributed by atoms with E-state index in [0.717, 1.165) is 31.1 Å². The summed E-state index contributed by atoms with van der Waals surface area (Å²) < 4.78 is 5.40. The van der Waals surface area contributed by atoms with Gasteiger partial charge in [0.05, 0.1) is 6.61 Å². The van der Waals surface area contributed by atoms with Crippen molar-refractivity contribution in [1.29, 1.82) is 0 Å². The predicted molar refractivity (Wildman–Crippen MR) is 85.8 cm³/mol. The zero-order chi connectivity index (χ0) is 15.1. The van der Waals surface area contributed by atoms with E-state index in [9.17, 15) is 5.11 Å². The molecule has 21 heavy (non-hydrogen) atoms. The molecule has 118 valence electrons. The number of hydrogen-bond donors (Lipinski definition) is 2. The van der Waals surface area contributed by atoms with Crippen molar-refractivity contribution < 1.29 is 9.84 Å². The first-order chi connectivity index (χ1) is 10.2. The van der Waals surface area contributed by atoms with Crippen molar-refractivity contribution in [3.05, 3.63) is 23.8 Å². The van der Waals surface area contributed by atoms with E-state index in [1.165, 1.54) is 25.9 Å². The van der Waals surface area contributed by atoms with Gasteiger partial charge in [0, 0.05) is 19.6 Å². The molecule has 0 unspecified atom stereocenters. The maximum absolute atomic E-state index is 9.68. The first-order valence-electron chi connectivity index (χ1n) is 8.06. The molecule has 2 N–H and O–H groups in total. The van der Waals surface area contributed by atoms with Crippen LogP contribution in [-0.4, -0.2) is 42.8 Å². The summed E-state index contributed by atoms with van der Waals surface area (Å²) >= 11 is 0. The Morgan fingerprint density at radius 3 is 2.81 bits per heavy atom. The quantitative estimate of drug-likeness (QED) is 0.758. The van der Waals surface area contributed by atoms with E-state index >= 15 is 0 Å². The minimum Gasteiger partial charge on any atom is -0.504 e. The Balaban J connectivity index is 1.70. The van der Waals surface area contributed by atoms with E-state index in [1.807, 2.05) is 19.1 Å². The Morgan fingerprint density at radius 1 is 1.33 bits per heavy atom. The number of phenols is 1. The van der Waals surface area contributed by atoms with Gasteiger partial charge >= 0.3 is 0 Å². The Hall–Kier alpha value is -1.26. The van der Waals surface area contributed by atoms with Crippen LogP contribution < -0.4 is 10.1 Å². The summed E-state index contributed by atoms with van der Waals surface area (Å²) in [4.78, 5) is 2.54. The van der Waals surface area contributed by atoms with Gasteiger partial charge in [-0.25, -0.2) is 0 Å². The number of hydrogen-bond acceptors (Lipinski definition) is 4. The predicted octanol–water partition coefficient (Wildman–Crippen LogP) is 2.61. The summed E-state index contributed by atoms with van der Waals surface area (Å²) in [5.74, 6) is 1.67. The van der Waals surface area contributed by atoms with Gasteiger partial charge in [0.1, 0.15) is 0 Å². The molecule has 0 atom stereocenters. The monoisotopic (exact) mass is 292 g/mol. The number of nitrogens with zero attached hydrogens (tertiary/aromatic N) is 1. The van der Waals surface area contributed by atoms with Crippen LogP contribution in [0, 0.1) is 5.92 Å². The van der Waals surface area contributed by atoms with Gasteiger partial charge in [-0.2, -0.15) is 0 Å². The molecular formula is C17H28N2O2. The summed E-state index contributed by atoms with van der Waals surface area (Å²) in [6.07, 6.45) is 2.66. The van der Waals surface area contributed by atoms with Crippen LogP contribution in [0.3, 0.4) is 0 Å². The summed E-state index contributed by atoms with van der Waals surface area (Å²) in [7, 11) is 0. The first-order valence-corrected chi connectivity index (χ1v) is 8.06. The molecule has 1 fully saturated rings. The van der Waals surface area contributed by atoms with Crippen LogP contribution in [0.2, 0.25) is 0 Å². The van der Waals surface area contributed by atoms with Crippen molar-refractivity contribution in [2.45, 2.75) is 33.2 Å². The minimum absolute atomic E-state index is 0.211. The third-order valence-corrected chi connectivity index (χ3v) is 4.13. The van der Waals surface area contributed by atoms with Crippen LogP contribution in [-0.2, 0) is 6.54 Å². The van der Waals surface area contributed by atoms with Gasteiger partial charge in [-0.1, -0.05) is 13.0 Å². The molecular weight excluding hydrogens is 264 g/mol. The zero-order valence-corrected chi connectivity index (χ0v) is 13.3. The van der Waals surface area contributed by atoms with E-state index in [2.05, 4.69) is 17.1 Å². The fourth-order valence-electron chi connectivity index (χ4n) is 2.70. The molecule has 1 aromatic rings. The molecule has 0 spiro atoms. The molecule has 1 aliphatic heterocycles. The van der Waals surface area contributed by atoms with Crippen LogP contribution in [0.15, 0.2) is 18.2 Å². The van der Waals surface area contributed by atoms with Gasteiger partial charge in [0.2, 0.25) is 0 Å². The van der Waals surface area contributed by atoms with Gasteiger partial charge in [0.15, 0.2) is 11.5 Å². The van der Waals surface area contributed by atoms with E-state index in [0.29, 0.717) is 12.4 Å². The number of nitrogens with one attached hydrogen (secondary N) is 1. The molecule has 0 aromatic heterocycles. The summed E-state index contributed by atoms with van der Waals surface area (Å²) in [6.45, 7) is 10.2. The minimum atomic E-state index is 0.211. The van der Waals surface area contributed by atoms with Crippen LogP contribution >= 0.6 is 0 Å². The summed E-state index contributed by atoms with van der Waals surface area (Å²) in [5, 5.41) is 13.1. The highest BCUT2D eigenvalue weighted by Gasteiger charge is 2.14. The molecule has 2 rings (SSSR count). The Bertz CT molecular complexity index is 429. The molecule has 0 amide bonds. The Labute approximate surface area is 128 Å². The van der Waals surface area contributed by atoms with Crippen molar-refractivity contribution in [2.24, 2.45) is 5.92 Å². The average Bonchev–Trinajstić information content (AvgIpc) is 2.49. The molecule has 1 heterocycles. The molecule has 4 heteroatoms. The van der Waals surface area contributed by atoms with E-state index in [1.54, 1.807) is 6.07 Å². The molecule has 0 saturated carbocycles. The van der Waals surface area contributed by atoms with Gasteiger partial charge in [-0.15, -0.1) is 0 Å². The number of aromatic hydroxyl groups is 1. The van der Waals surface area contributed by atoms with Crippen molar-refractivity contribution in [2.75, 3.05) is 32.8 Å². The van der Waals surface area contributed by atoms with E-state index in [-0.39, 0.29) is 5.75 Å². The van der Waals surface area contributed by atoms with Gasteiger partial charge in [-0.05, 0) is 56.5 Å². The molecule has 0 aliphatic carbocycles. The van der Waals surface area contributed by atoms with E-state index < -0.39 is 0 Å². The topological polar surface area (TPSA) is 44.7 Å². The number of likely N-dealkylation sites (tertiary alicyclic amines) is 1. The van der Waals surface area contributed by atoms with Gasteiger partial charge < -0.3 is 20.1 Å². The lowest BCUT2D eigenvalue weighted by atomic mass is 9.99. The third-order valence-electron chi connectivity index (χ3n) is 4.13. The molecule has 0 bridgehead atoms. The van der Waals surface area contributed by atoms with Crippen LogP contribution in [0.5, 0.6) is 11.5 Å². The van der Waals surface area contributed by atoms with Crippen molar-refractivity contribution >= 4 is 0 Å². The van der Waals surface area contributed by atoms with Gasteiger partial charge in [-0.3, -0.25) is 0 Å². The maximum atomic E-state index is 9.68. The largest absolute Gasteiger partial charge is 0.504 e. The Kier molecular flexibility index (Phi) is 6.33. The van der Waals surface area contributed by atoms with Crippen LogP contribution in [0.25, 0.3) is 0 Å². The van der Waals surface area contributed by atoms with Crippen LogP contribution in [0.1, 0.15) is 32.3 Å². The molecule has 1 aliphatic rings. The SMILES string of the molecule is CCOc1cc(CNCCN2CCC(C)CC2)ccc1O. The summed E-state index contributed by atoms with van der Waals surface area (Å²) in [5.41, 5.74) is 1.14. The van der Waals surface area contributed by atoms with Crippen molar-refractivity contribution in [1.82, 2.24) is 10.2 Å². The number of ether oxygens (including phenoxy) is 1. The molecule has 1 saturated heterocycles. The zero-order valence-electron chi connectivity index (χ0n) is 13.3. The molecule has 1 aromatic carbocycles. The lowest BCUT2D eigenvalue weighted by molar-refractivity contribution is 0.193. The number of rotatable bonds is 7. The molecule has 0 radical (unpaired) electrons. The number of phenolic OH excluding ortho intramolecular Hbond substituents is 1. The van der Waals surface area contributed by atoms with Crippen LogP contribution in [0.4, 0.5) is 0 Å². The normalized spacial score (nSPS) is 17.0.